The third kappa shape index (κ3) is 2.68. The zero-order valence-corrected chi connectivity index (χ0v) is 14.6. The van der Waals surface area contributed by atoms with Crippen LogP contribution in [0.4, 0.5) is 0 Å². The highest BCUT2D eigenvalue weighted by Gasteiger charge is 2.12. The molecule has 0 radical (unpaired) electrons. The Kier molecular flexibility index (Phi) is 3.86. The molecule has 0 saturated carbocycles. The van der Waals surface area contributed by atoms with E-state index in [1.807, 2.05) is 62.5 Å². The topological polar surface area (TPSA) is 70.3 Å². The molecule has 0 unspecified atom stereocenters. The molecule has 1 aromatic carbocycles. The van der Waals surface area contributed by atoms with Gasteiger partial charge in [0.1, 0.15) is 11.9 Å². The van der Waals surface area contributed by atoms with E-state index in [0.29, 0.717) is 11.4 Å². The van der Waals surface area contributed by atoms with Gasteiger partial charge < -0.3 is 9.55 Å². The first kappa shape index (κ1) is 15.9. The number of nitrogens with one attached hydrogen (secondary N) is 1. The van der Waals surface area contributed by atoms with Crippen LogP contribution >= 0.6 is 0 Å². The van der Waals surface area contributed by atoms with Gasteiger partial charge in [0.2, 0.25) is 0 Å². The fourth-order valence-corrected chi connectivity index (χ4v) is 3.21. The molecule has 4 rings (SSSR count). The number of benzene rings is 1. The number of fused-ring (bicyclic) bond motifs is 1. The van der Waals surface area contributed by atoms with Crippen LogP contribution in [0, 0.1) is 25.2 Å². The van der Waals surface area contributed by atoms with Gasteiger partial charge in [0, 0.05) is 17.6 Å². The Bertz CT molecular complexity index is 1120. The van der Waals surface area contributed by atoms with Gasteiger partial charge in [-0.05, 0) is 55.8 Å². The highest BCUT2D eigenvalue weighted by molar-refractivity contribution is 5.90. The van der Waals surface area contributed by atoms with Crippen molar-refractivity contribution in [2.45, 2.75) is 13.8 Å². The first-order chi connectivity index (χ1) is 12.7. The van der Waals surface area contributed by atoms with Gasteiger partial charge in [-0.2, -0.15) is 5.26 Å². The zero-order valence-electron chi connectivity index (χ0n) is 14.6. The van der Waals surface area contributed by atoms with Crippen LogP contribution in [0.15, 0.2) is 54.9 Å². The van der Waals surface area contributed by atoms with E-state index in [1.165, 1.54) is 0 Å². The second-order valence-electron chi connectivity index (χ2n) is 6.15. The minimum absolute atomic E-state index is 0.507. The Morgan fingerprint density at radius 3 is 2.77 bits per heavy atom. The molecule has 126 valence electrons. The predicted molar refractivity (Wildman–Crippen MR) is 103 cm³/mol. The summed E-state index contributed by atoms with van der Waals surface area (Å²) < 4.78 is 2.13. The maximum absolute atomic E-state index is 9.65. The van der Waals surface area contributed by atoms with Crippen molar-refractivity contribution in [3.05, 3.63) is 77.6 Å². The van der Waals surface area contributed by atoms with E-state index in [9.17, 15) is 5.26 Å². The van der Waals surface area contributed by atoms with Gasteiger partial charge in [-0.25, -0.2) is 4.98 Å². The minimum atomic E-state index is 0.507. The van der Waals surface area contributed by atoms with Gasteiger partial charge in [0.15, 0.2) is 0 Å². The number of H-pyrrole nitrogens is 1. The molecule has 0 amide bonds. The normalized spacial score (nSPS) is 11.7. The highest BCUT2D eigenvalue weighted by Crippen LogP contribution is 2.25. The molecule has 3 heterocycles. The Balaban J connectivity index is 1.81. The average Bonchev–Trinajstić information content (AvgIpc) is 3.21. The molecule has 26 heavy (non-hydrogen) atoms. The van der Waals surface area contributed by atoms with Gasteiger partial charge in [-0.15, -0.1) is 0 Å². The molecule has 0 fully saturated rings. The van der Waals surface area contributed by atoms with Gasteiger partial charge in [0.25, 0.3) is 0 Å². The van der Waals surface area contributed by atoms with E-state index in [0.717, 1.165) is 33.7 Å². The smallest absolute Gasteiger partial charge is 0.149 e. The number of pyridine rings is 1. The van der Waals surface area contributed by atoms with Gasteiger partial charge >= 0.3 is 0 Å². The summed E-state index contributed by atoms with van der Waals surface area (Å²) in [6.45, 7) is 4.09. The zero-order chi connectivity index (χ0) is 18.1. The van der Waals surface area contributed by atoms with Crippen molar-refractivity contribution in [1.29, 1.82) is 5.26 Å². The monoisotopic (exact) mass is 339 g/mol. The number of rotatable bonds is 3. The van der Waals surface area contributed by atoms with Crippen LogP contribution in [0.1, 0.15) is 22.8 Å². The Labute approximate surface area is 151 Å². The summed E-state index contributed by atoms with van der Waals surface area (Å²) in [5.41, 5.74) is 6.41. The molecule has 0 bridgehead atoms. The number of aromatic nitrogens is 4. The molecule has 5 heteroatoms. The number of hydrogen-bond donors (Lipinski definition) is 1. The first-order valence-electron chi connectivity index (χ1n) is 8.33. The van der Waals surface area contributed by atoms with Gasteiger partial charge in [-0.3, -0.25) is 4.98 Å². The van der Waals surface area contributed by atoms with Crippen molar-refractivity contribution in [3.8, 4) is 11.8 Å². The lowest BCUT2D eigenvalue weighted by Crippen LogP contribution is -1.99. The van der Waals surface area contributed by atoms with Crippen molar-refractivity contribution >= 4 is 22.7 Å². The third-order valence-corrected chi connectivity index (χ3v) is 4.44. The van der Waals surface area contributed by atoms with Crippen LogP contribution in [0.3, 0.4) is 0 Å². The van der Waals surface area contributed by atoms with Crippen molar-refractivity contribution in [3.63, 3.8) is 0 Å². The molecule has 5 nitrogen and oxygen atoms in total. The number of allylic oxidation sites excluding steroid dienone is 1. The third-order valence-electron chi connectivity index (χ3n) is 4.44. The largest absolute Gasteiger partial charge is 0.337 e. The molecule has 1 N–H and O–H groups in total. The Hall–Kier alpha value is -3.65. The summed E-state index contributed by atoms with van der Waals surface area (Å²) >= 11 is 0. The lowest BCUT2D eigenvalue weighted by molar-refractivity contribution is 0.954. The number of aryl methyl sites for hydroxylation is 1. The van der Waals surface area contributed by atoms with E-state index in [4.69, 9.17) is 0 Å². The summed E-state index contributed by atoms with van der Waals surface area (Å²) in [6, 6.07) is 16.0. The average molecular weight is 339 g/mol. The Morgan fingerprint density at radius 1 is 1.19 bits per heavy atom. The van der Waals surface area contributed by atoms with E-state index < -0.39 is 0 Å². The lowest BCUT2D eigenvalue weighted by atomic mass is 10.1. The molecule has 3 aromatic heterocycles. The van der Waals surface area contributed by atoms with Crippen LogP contribution in [0.5, 0.6) is 0 Å². The number of para-hydroxylation sites is 2. The fraction of sp³-hybridized carbons (Fsp3) is 0.0952. The second kappa shape index (κ2) is 6.34. The van der Waals surface area contributed by atoms with Crippen LogP contribution in [0.25, 0.3) is 28.4 Å². The predicted octanol–water partition coefficient (Wildman–Crippen LogP) is 4.43. The van der Waals surface area contributed by atoms with Gasteiger partial charge in [-0.1, -0.05) is 12.1 Å². The molecule has 0 spiro atoms. The number of nitrogens with zero attached hydrogens (tertiary/aromatic N) is 4. The maximum atomic E-state index is 9.65. The molecular weight excluding hydrogens is 322 g/mol. The van der Waals surface area contributed by atoms with E-state index in [-0.39, 0.29) is 0 Å². The van der Waals surface area contributed by atoms with Crippen LogP contribution in [0.2, 0.25) is 0 Å². The molecule has 0 atom stereocenters. The molecule has 0 aliphatic heterocycles. The van der Waals surface area contributed by atoms with Crippen molar-refractivity contribution < 1.29 is 0 Å². The number of nitriles is 1. The molecule has 0 aliphatic rings. The molecule has 0 saturated heterocycles. The van der Waals surface area contributed by atoms with Crippen molar-refractivity contribution in [2.75, 3.05) is 0 Å². The fourth-order valence-electron chi connectivity index (χ4n) is 3.21. The Morgan fingerprint density at radius 2 is 2.04 bits per heavy atom. The molecule has 4 aromatic rings. The second-order valence-corrected chi connectivity index (χ2v) is 6.15. The summed E-state index contributed by atoms with van der Waals surface area (Å²) in [7, 11) is 0. The summed E-state index contributed by atoms with van der Waals surface area (Å²) in [6.07, 6.45) is 5.47. The molecular formula is C21H17N5. The van der Waals surface area contributed by atoms with Crippen LogP contribution in [-0.2, 0) is 0 Å². The van der Waals surface area contributed by atoms with Crippen LogP contribution < -0.4 is 0 Å². The summed E-state index contributed by atoms with van der Waals surface area (Å²) in [5, 5.41) is 9.65. The SMILES string of the molecule is Cc1cc(/C=C(/C#N)c2nc3ccccc3[nH]2)c(C)n1-c1cccnc1. The number of imidazole rings is 1. The van der Waals surface area contributed by atoms with E-state index in [1.54, 1.807) is 6.20 Å². The number of aromatic amines is 1. The van der Waals surface area contributed by atoms with Crippen molar-refractivity contribution in [1.82, 2.24) is 19.5 Å². The van der Waals surface area contributed by atoms with Gasteiger partial charge in [0.05, 0.1) is 28.5 Å². The number of hydrogen-bond acceptors (Lipinski definition) is 3. The van der Waals surface area contributed by atoms with Crippen LogP contribution in [-0.4, -0.2) is 19.5 Å². The summed E-state index contributed by atoms with van der Waals surface area (Å²) in [5.74, 6) is 0.583. The van der Waals surface area contributed by atoms with Crippen molar-refractivity contribution in [2.24, 2.45) is 0 Å². The summed E-state index contributed by atoms with van der Waals surface area (Å²) in [4.78, 5) is 12.0. The lowest BCUT2D eigenvalue weighted by Gasteiger charge is -2.08. The molecule has 0 aliphatic carbocycles. The van der Waals surface area contributed by atoms with E-state index >= 15 is 0 Å². The quantitative estimate of drug-likeness (QED) is 0.561. The first-order valence-corrected chi connectivity index (χ1v) is 8.33. The van der Waals surface area contributed by atoms with E-state index in [2.05, 4.69) is 31.7 Å². The highest BCUT2D eigenvalue weighted by atomic mass is 15.0. The standard InChI is InChI=1S/C21H17N5/c1-14-10-16(15(2)26(14)18-6-5-9-23-13-18)11-17(12-22)21-24-19-7-3-4-8-20(19)25-21/h3-11,13H,1-2H3,(H,24,25)/b17-11-. The maximum Gasteiger partial charge on any atom is 0.149 e. The minimum Gasteiger partial charge on any atom is -0.337 e.